The molecule has 0 aromatic heterocycles. The molecule has 0 bridgehead atoms. The second-order valence-corrected chi connectivity index (χ2v) is 7.44. The lowest BCUT2D eigenvalue weighted by Crippen LogP contribution is -2.21. The van der Waals surface area contributed by atoms with Crippen molar-refractivity contribution in [3.63, 3.8) is 0 Å². The third kappa shape index (κ3) is 4.03. The Morgan fingerprint density at radius 2 is 1.75 bits per heavy atom. The second-order valence-electron chi connectivity index (χ2n) is 7.44. The highest BCUT2D eigenvalue weighted by atomic mass is 19.2. The minimum atomic E-state index is -0.991. The lowest BCUT2D eigenvalue weighted by atomic mass is 9.82. The molecule has 1 heterocycles. The standard InChI is InChI=1S/C22H23F3O3/c1-26-19-9-5-15(21(24)22(19)25)11-27-16-6-2-13(3-7-16)14-4-8-17(18(23)10-14)20-12-28-20/h4-5,8-10,13,16,20H,2-3,6-7,11-12H2,1H3. The van der Waals surface area contributed by atoms with E-state index in [0.29, 0.717) is 18.1 Å². The zero-order chi connectivity index (χ0) is 19.7. The summed E-state index contributed by atoms with van der Waals surface area (Å²) in [5.41, 5.74) is 1.82. The van der Waals surface area contributed by atoms with E-state index in [1.54, 1.807) is 6.07 Å². The molecule has 1 unspecified atom stereocenters. The molecule has 0 radical (unpaired) electrons. The first-order valence-electron chi connectivity index (χ1n) is 9.60. The summed E-state index contributed by atoms with van der Waals surface area (Å²) in [6.07, 6.45) is 3.28. The number of ether oxygens (including phenoxy) is 3. The van der Waals surface area contributed by atoms with Gasteiger partial charge in [-0.05, 0) is 55.4 Å². The predicted molar refractivity (Wildman–Crippen MR) is 97.8 cm³/mol. The van der Waals surface area contributed by atoms with Gasteiger partial charge in [0, 0.05) is 11.1 Å². The van der Waals surface area contributed by atoms with E-state index < -0.39 is 11.6 Å². The summed E-state index contributed by atoms with van der Waals surface area (Å²) in [7, 11) is 1.30. The fraction of sp³-hybridized carbons (Fsp3) is 0.455. The van der Waals surface area contributed by atoms with E-state index in [1.807, 2.05) is 12.1 Å². The summed E-state index contributed by atoms with van der Waals surface area (Å²) in [6, 6.07) is 8.32. The molecule has 2 aliphatic rings. The molecule has 1 saturated heterocycles. The second kappa shape index (κ2) is 8.13. The lowest BCUT2D eigenvalue weighted by molar-refractivity contribution is 0.0118. The molecular weight excluding hydrogens is 369 g/mol. The number of halogens is 3. The number of rotatable bonds is 6. The maximum atomic E-state index is 14.2. The quantitative estimate of drug-likeness (QED) is 0.615. The van der Waals surface area contributed by atoms with Crippen LogP contribution in [0.3, 0.4) is 0 Å². The van der Waals surface area contributed by atoms with Gasteiger partial charge in [-0.2, -0.15) is 4.39 Å². The van der Waals surface area contributed by atoms with E-state index in [4.69, 9.17) is 14.2 Å². The van der Waals surface area contributed by atoms with Crippen LogP contribution in [0.1, 0.15) is 54.4 Å². The maximum Gasteiger partial charge on any atom is 0.200 e. The molecule has 1 atom stereocenters. The highest BCUT2D eigenvalue weighted by molar-refractivity contribution is 5.31. The van der Waals surface area contributed by atoms with Crippen LogP contribution >= 0.6 is 0 Å². The van der Waals surface area contributed by atoms with Gasteiger partial charge < -0.3 is 14.2 Å². The van der Waals surface area contributed by atoms with Crippen LogP contribution in [0.15, 0.2) is 30.3 Å². The third-order valence-electron chi connectivity index (χ3n) is 5.67. The van der Waals surface area contributed by atoms with Crippen LogP contribution in [0.5, 0.6) is 5.75 Å². The molecule has 3 nitrogen and oxygen atoms in total. The lowest BCUT2D eigenvalue weighted by Gasteiger charge is -2.29. The summed E-state index contributed by atoms with van der Waals surface area (Å²) < 4.78 is 57.8. The first-order chi connectivity index (χ1) is 13.6. The van der Waals surface area contributed by atoms with E-state index in [0.717, 1.165) is 31.2 Å². The van der Waals surface area contributed by atoms with Crippen molar-refractivity contribution in [2.75, 3.05) is 13.7 Å². The Labute approximate surface area is 162 Å². The number of methoxy groups -OCH3 is 1. The average Bonchev–Trinajstić information content (AvgIpc) is 3.55. The van der Waals surface area contributed by atoms with Gasteiger partial charge in [0.15, 0.2) is 11.6 Å². The summed E-state index contributed by atoms with van der Waals surface area (Å²) in [5.74, 6) is -1.94. The number of epoxide rings is 1. The zero-order valence-electron chi connectivity index (χ0n) is 15.7. The fourth-order valence-corrected chi connectivity index (χ4v) is 3.90. The minimum Gasteiger partial charge on any atom is -0.494 e. The Bertz CT molecular complexity index is 843. The Morgan fingerprint density at radius 1 is 1.00 bits per heavy atom. The molecule has 0 amide bonds. The zero-order valence-corrected chi connectivity index (χ0v) is 15.7. The van der Waals surface area contributed by atoms with Crippen molar-refractivity contribution >= 4 is 0 Å². The average molecular weight is 392 g/mol. The van der Waals surface area contributed by atoms with Gasteiger partial charge in [0.05, 0.1) is 26.4 Å². The summed E-state index contributed by atoms with van der Waals surface area (Å²) >= 11 is 0. The van der Waals surface area contributed by atoms with Gasteiger partial charge >= 0.3 is 0 Å². The molecule has 28 heavy (non-hydrogen) atoms. The topological polar surface area (TPSA) is 31.0 Å². The molecule has 0 spiro atoms. The van der Waals surface area contributed by atoms with Crippen molar-refractivity contribution < 1.29 is 27.4 Å². The molecule has 6 heteroatoms. The van der Waals surface area contributed by atoms with Gasteiger partial charge in [0.25, 0.3) is 0 Å². The summed E-state index contributed by atoms with van der Waals surface area (Å²) in [6.45, 7) is 0.615. The van der Waals surface area contributed by atoms with E-state index >= 15 is 0 Å². The normalized spacial score (nSPS) is 24.2. The van der Waals surface area contributed by atoms with Crippen LogP contribution in [-0.2, 0) is 16.1 Å². The Morgan fingerprint density at radius 3 is 2.39 bits per heavy atom. The van der Waals surface area contributed by atoms with Crippen molar-refractivity contribution in [3.05, 3.63) is 64.5 Å². The van der Waals surface area contributed by atoms with Gasteiger partial charge in [-0.3, -0.25) is 0 Å². The molecule has 4 rings (SSSR count). The smallest absolute Gasteiger partial charge is 0.200 e. The molecule has 2 aromatic rings. The maximum absolute atomic E-state index is 14.2. The molecular formula is C22H23F3O3. The molecule has 2 aromatic carbocycles. The van der Waals surface area contributed by atoms with Crippen LogP contribution < -0.4 is 4.74 Å². The number of hydrogen-bond donors (Lipinski definition) is 0. The number of hydrogen-bond acceptors (Lipinski definition) is 3. The monoisotopic (exact) mass is 392 g/mol. The largest absolute Gasteiger partial charge is 0.494 e. The first kappa shape index (κ1) is 19.3. The van der Waals surface area contributed by atoms with E-state index in [-0.39, 0.29) is 35.9 Å². The van der Waals surface area contributed by atoms with Crippen molar-refractivity contribution in [1.29, 1.82) is 0 Å². The molecule has 150 valence electrons. The Balaban J connectivity index is 1.31. The predicted octanol–water partition coefficient (Wildman–Crippen LogP) is 5.43. The van der Waals surface area contributed by atoms with Gasteiger partial charge in [0.1, 0.15) is 11.9 Å². The Kier molecular flexibility index (Phi) is 5.60. The first-order valence-corrected chi connectivity index (χ1v) is 9.60. The number of benzene rings is 2. The highest BCUT2D eigenvalue weighted by Crippen LogP contribution is 2.37. The van der Waals surface area contributed by atoms with Crippen LogP contribution in [0.2, 0.25) is 0 Å². The van der Waals surface area contributed by atoms with Gasteiger partial charge in [0.2, 0.25) is 5.82 Å². The van der Waals surface area contributed by atoms with Gasteiger partial charge in [-0.25, -0.2) is 8.78 Å². The highest BCUT2D eigenvalue weighted by Gasteiger charge is 2.29. The molecule has 2 fully saturated rings. The molecule has 1 aliphatic carbocycles. The SMILES string of the molecule is COc1ccc(COC2CCC(c3ccc(C4CO4)c(F)c3)CC2)c(F)c1F. The molecule has 1 saturated carbocycles. The minimum absolute atomic E-state index is 0.00945. The van der Waals surface area contributed by atoms with Crippen LogP contribution in [-0.4, -0.2) is 19.8 Å². The van der Waals surface area contributed by atoms with Crippen LogP contribution in [0, 0.1) is 17.5 Å². The van der Waals surface area contributed by atoms with E-state index in [1.165, 1.54) is 19.2 Å². The molecule has 1 aliphatic heterocycles. The van der Waals surface area contributed by atoms with E-state index in [9.17, 15) is 13.2 Å². The van der Waals surface area contributed by atoms with Crippen LogP contribution in [0.25, 0.3) is 0 Å². The van der Waals surface area contributed by atoms with Crippen molar-refractivity contribution in [3.8, 4) is 5.75 Å². The van der Waals surface area contributed by atoms with Crippen molar-refractivity contribution in [2.24, 2.45) is 0 Å². The van der Waals surface area contributed by atoms with E-state index in [2.05, 4.69) is 0 Å². The molecule has 0 N–H and O–H groups in total. The Hall–Kier alpha value is -2.05. The summed E-state index contributed by atoms with van der Waals surface area (Å²) in [4.78, 5) is 0. The fourth-order valence-electron chi connectivity index (χ4n) is 3.90. The van der Waals surface area contributed by atoms with Crippen molar-refractivity contribution in [1.82, 2.24) is 0 Å². The van der Waals surface area contributed by atoms with Crippen LogP contribution in [0.4, 0.5) is 13.2 Å². The van der Waals surface area contributed by atoms with Gasteiger partial charge in [-0.15, -0.1) is 0 Å². The third-order valence-corrected chi connectivity index (χ3v) is 5.67. The summed E-state index contributed by atoms with van der Waals surface area (Å²) in [5, 5.41) is 0. The van der Waals surface area contributed by atoms with Gasteiger partial charge in [-0.1, -0.05) is 12.1 Å². The van der Waals surface area contributed by atoms with Crippen molar-refractivity contribution in [2.45, 2.75) is 50.4 Å².